The van der Waals surface area contributed by atoms with Crippen LogP contribution in [0.4, 0.5) is 10.5 Å². The SMILES string of the molecule is O=C(CCSc1nnc(-c2ccccc2)o1)NC(=O)Nc1ccc2c(c1)OCCO2. The minimum absolute atomic E-state index is 0.113. The maximum atomic E-state index is 12.0. The molecule has 2 heterocycles. The molecular formula is C20H18N4O5S. The predicted octanol–water partition coefficient (Wildman–Crippen LogP) is 3.34. The molecule has 0 aliphatic carbocycles. The topological polar surface area (TPSA) is 116 Å². The van der Waals surface area contributed by atoms with E-state index in [9.17, 15) is 9.59 Å². The fourth-order valence-corrected chi connectivity index (χ4v) is 3.37. The van der Waals surface area contributed by atoms with Gasteiger partial charge in [0.15, 0.2) is 11.5 Å². The summed E-state index contributed by atoms with van der Waals surface area (Å²) in [5.41, 5.74) is 1.32. The van der Waals surface area contributed by atoms with Gasteiger partial charge in [0.05, 0.1) is 0 Å². The van der Waals surface area contributed by atoms with Gasteiger partial charge in [0, 0.05) is 29.5 Å². The number of aromatic nitrogens is 2. The number of imide groups is 1. The molecule has 0 atom stereocenters. The highest BCUT2D eigenvalue weighted by atomic mass is 32.2. The minimum atomic E-state index is -0.620. The van der Waals surface area contributed by atoms with Gasteiger partial charge in [-0.1, -0.05) is 30.0 Å². The standard InChI is InChI=1S/C20H18N4O5S/c25-17(8-11-30-20-24-23-18(29-20)13-4-2-1-3-5-13)22-19(26)21-14-6-7-15-16(12-14)28-10-9-27-15/h1-7,12H,8-11H2,(H2,21,22,25,26). The number of rotatable bonds is 6. The Bertz CT molecular complexity index is 1040. The number of fused-ring (bicyclic) bond motifs is 1. The molecule has 30 heavy (non-hydrogen) atoms. The third kappa shape index (κ3) is 5.09. The van der Waals surface area contributed by atoms with E-state index in [1.807, 2.05) is 30.3 Å². The van der Waals surface area contributed by atoms with E-state index < -0.39 is 11.9 Å². The van der Waals surface area contributed by atoms with Crippen LogP contribution in [0.2, 0.25) is 0 Å². The van der Waals surface area contributed by atoms with Crippen molar-refractivity contribution in [1.82, 2.24) is 15.5 Å². The van der Waals surface area contributed by atoms with Crippen molar-refractivity contribution in [2.24, 2.45) is 0 Å². The Hall–Kier alpha value is -3.53. The van der Waals surface area contributed by atoms with Crippen molar-refractivity contribution in [2.75, 3.05) is 24.3 Å². The van der Waals surface area contributed by atoms with Gasteiger partial charge in [-0.25, -0.2) is 4.79 Å². The van der Waals surface area contributed by atoms with Crippen LogP contribution in [0.15, 0.2) is 58.2 Å². The highest BCUT2D eigenvalue weighted by Gasteiger charge is 2.14. The Morgan fingerprint density at radius 3 is 2.63 bits per heavy atom. The lowest BCUT2D eigenvalue weighted by Crippen LogP contribution is -2.34. The van der Waals surface area contributed by atoms with E-state index in [1.165, 1.54) is 11.8 Å². The predicted molar refractivity (Wildman–Crippen MR) is 110 cm³/mol. The summed E-state index contributed by atoms with van der Waals surface area (Å²) in [4.78, 5) is 24.0. The number of thioether (sulfide) groups is 1. The van der Waals surface area contributed by atoms with Crippen LogP contribution >= 0.6 is 11.8 Å². The Morgan fingerprint density at radius 1 is 1.00 bits per heavy atom. The van der Waals surface area contributed by atoms with Crippen LogP contribution in [0.3, 0.4) is 0 Å². The number of ether oxygens (including phenoxy) is 2. The highest BCUT2D eigenvalue weighted by molar-refractivity contribution is 7.99. The lowest BCUT2D eigenvalue weighted by molar-refractivity contribution is -0.119. The van der Waals surface area contributed by atoms with Gasteiger partial charge in [-0.2, -0.15) is 0 Å². The quantitative estimate of drug-likeness (QED) is 0.577. The molecule has 0 fully saturated rings. The first-order valence-corrected chi connectivity index (χ1v) is 10.2. The van der Waals surface area contributed by atoms with E-state index in [2.05, 4.69) is 20.8 Å². The number of amides is 3. The second-order valence-electron chi connectivity index (χ2n) is 6.20. The summed E-state index contributed by atoms with van der Waals surface area (Å²) in [6.07, 6.45) is 0.113. The average Bonchev–Trinajstić information content (AvgIpc) is 3.23. The van der Waals surface area contributed by atoms with Gasteiger partial charge in [-0.05, 0) is 24.3 Å². The molecule has 3 amide bonds. The zero-order valence-electron chi connectivity index (χ0n) is 15.8. The monoisotopic (exact) mass is 426 g/mol. The van der Waals surface area contributed by atoms with Crippen LogP contribution in [-0.2, 0) is 4.79 Å². The Labute approximate surface area is 176 Å². The van der Waals surface area contributed by atoms with E-state index in [4.69, 9.17) is 13.9 Å². The van der Waals surface area contributed by atoms with Crippen molar-refractivity contribution in [2.45, 2.75) is 11.6 Å². The van der Waals surface area contributed by atoms with Crippen molar-refractivity contribution in [3.8, 4) is 23.0 Å². The number of nitrogens with one attached hydrogen (secondary N) is 2. The number of urea groups is 1. The smallest absolute Gasteiger partial charge is 0.325 e. The normalized spacial score (nSPS) is 12.3. The molecule has 154 valence electrons. The molecule has 0 bridgehead atoms. The average molecular weight is 426 g/mol. The number of carbonyl (C=O) groups excluding carboxylic acids is 2. The van der Waals surface area contributed by atoms with Crippen LogP contribution < -0.4 is 20.1 Å². The van der Waals surface area contributed by atoms with Crippen LogP contribution in [-0.4, -0.2) is 41.1 Å². The molecule has 0 unspecified atom stereocenters. The maximum absolute atomic E-state index is 12.0. The van der Waals surface area contributed by atoms with Gasteiger partial charge in [0.1, 0.15) is 13.2 Å². The number of benzene rings is 2. The fourth-order valence-electron chi connectivity index (χ4n) is 2.67. The molecule has 3 aromatic rings. The fraction of sp³-hybridized carbons (Fsp3) is 0.200. The third-order valence-corrected chi connectivity index (χ3v) is 4.86. The number of nitrogens with zero attached hydrogens (tertiary/aromatic N) is 2. The number of anilines is 1. The zero-order valence-corrected chi connectivity index (χ0v) is 16.6. The molecule has 1 aliphatic heterocycles. The second-order valence-corrected chi connectivity index (χ2v) is 7.24. The molecule has 0 spiro atoms. The highest BCUT2D eigenvalue weighted by Crippen LogP contribution is 2.32. The first-order chi connectivity index (χ1) is 14.7. The molecule has 2 N–H and O–H groups in total. The van der Waals surface area contributed by atoms with Crippen LogP contribution in [0, 0.1) is 0 Å². The lowest BCUT2D eigenvalue weighted by Gasteiger charge is -2.19. The van der Waals surface area contributed by atoms with E-state index >= 15 is 0 Å². The van der Waals surface area contributed by atoms with Crippen molar-refractivity contribution < 1.29 is 23.5 Å². The summed E-state index contributed by atoms with van der Waals surface area (Å²) in [7, 11) is 0. The minimum Gasteiger partial charge on any atom is -0.486 e. The summed E-state index contributed by atoms with van der Waals surface area (Å²) in [5, 5.41) is 13.2. The van der Waals surface area contributed by atoms with Crippen LogP contribution in [0.1, 0.15) is 6.42 Å². The zero-order chi connectivity index (χ0) is 20.8. The first-order valence-electron chi connectivity index (χ1n) is 9.19. The molecule has 9 nitrogen and oxygen atoms in total. The Kier molecular flexibility index (Phi) is 6.14. The molecule has 0 radical (unpaired) electrons. The molecule has 10 heteroatoms. The van der Waals surface area contributed by atoms with E-state index in [-0.39, 0.29) is 6.42 Å². The molecule has 2 aromatic carbocycles. The largest absolute Gasteiger partial charge is 0.486 e. The van der Waals surface area contributed by atoms with Gasteiger partial charge in [-0.3, -0.25) is 10.1 Å². The van der Waals surface area contributed by atoms with Crippen LogP contribution in [0.5, 0.6) is 11.5 Å². The number of hydrogen-bond donors (Lipinski definition) is 2. The van der Waals surface area contributed by atoms with E-state index in [1.54, 1.807) is 18.2 Å². The van der Waals surface area contributed by atoms with Crippen molar-refractivity contribution in [1.29, 1.82) is 0 Å². The summed E-state index contributed by atoms with van der Waals surface area (Å²) in [6, 6.07) is 13.8. The van der Waals surface area contributed by atoms with Gasteiger partial charge in [-0.15, -0.1) is 10.2 Å². The van der Waals surface area contributed by atoms with Gasteiger partial charge in [0.25, 0.3) is 5.22 Å². The molecule has 1 aliphatic rings. The summed E-state index contributed by atoms with van der Waals surface area (Å²) < 4.78 is 16.5. The van der Waals surface area contributed by atoms with Crippen molar-refractivity contribution >= 4 is 29.4 Å². The van der Waals surface area contributed by atoms with E-state index in [0.29, 0.717) is 47.3 Å². The van der Waals surface area contributed by atoms with Crippen molar-refractivity contribution in [3.05, 3.63) is 48.5 Å². The Balaban J connectivity index is 1.21. The number of carbonyl (C=O) groups is 2. The molecule has 4 rings (SSSR count). The van der Waals surface area contributed by atoms with Gasteiger partial charge in [0.2, 0.25) is 11.8 Å². The van der Waals surface area contributed by atoms with E-state index in [0.717, 1.165) is 5.56 Å². The number of hydrogen-bond acceptors (Lipinski definition) is 8. The van der Waals surface area contributed by atoms with Crippen LogP contribution in [0.25, 0.3) is 11.5 Å². The second kappa shape index (κ2) is 9.31. The van der Waals surface area contributed by atoms with Gasteiger partial charge < -0.3 is 19.2 Å². The summed E-state index contributed by atoms with van der Waals surface area (Å²) in [5.74, 6) is 1.56. The third-order valence-electron chi connectivity index (χ3n) is 4.03. The lowest BCUT2D eigenvalue weighted by atomic mass is 10.2. The summed E-state index contributed by atoms with van der Waals surface area (Å²) in [6.45, 7) is 0.940. The molecule has 0 saturated carbocycles. The van der Waals surface area contributed by atoms with Crippen molar-refractivity contribution in [3.63, 3.8) is 0 Å². The first kappa shape index (κ1) is 19.8. The Morgan fingerprint density at radius 2 is 1.80 bits per heavy atom. The summed E-state index contributed by atoms with van der Waals surface area (Å²) >= 11 is 1.25. The molecule has 0 saturated heterocycles. The van der Waals surface area contributed by atoms with Gasteiger partial charge >= 0.3 is 6.03 Å². The molecule has 1 aromatic heterocycles. The maximum Gasteiger partial charge on any atom is 0.325 e. The molecular weight excluding hydrogens is 408 g/mol.